The first-order valence-electron chi connectivity index (χ1n) is 5.00. The van der Waals surface area contributed by atoms with Gasteiger partial charge in [-0.05, 0) is 18.6 Å². The summed E-state index contributed by atoms with van der Waals surface area (Å²) in [6, 6.07) is 3.86. The molecule has 0 aromatic carbocycles. The lowest BCUT2D eigenvalue weighted by atomic mass is 10.3. The van der Waals surface area contributed by atoms with E-state index in [0.717, 1.165) is 12.1 Å². The molecule has 1 rings (SSSR count). The number of nitrogens with zero attached hydrogens (tertiary/aromatic N) is 3. The molecule has 4 heteroatoms. The van der Waals surface area contributed by atoms with Gasteiger partial charge in [0.2, 0.25) is 0 Å². The number of hydrogen-bond donors (Lipinski definition) is 0. The van der Waals surface area contributed by atoms with Crippen LogP contribution in [0.5, 0.6) is 0 Å². The van der Waals surface area contributed by atoms with Gasteiger partial charge in [0.15, 0.2) is 0 Å². The first-order valence-corrected chi connectivity index (χ1v) is 5.00. The van der Waals surface area contributed by atoms with Crippen molar-refractivity contribution in [3.8, 4) is 0 Å². The highest BCUT2D eigenvalue weighted by atomic mass is 16.2. The van der Waals surface area contributed by atoms with Gasteiger partial charge in [-0.2, -0.15) is 0 Å². The van der Waals surface area contributed by atoms with E-state index in [1.54, 1.807) is 36.3 Å². The molecular weight excluding hydrogens is 190 g/mol. The molecule has 0 atom stereocenters. The second-order valence-electron chi connectivity index (χ2n) is 3.51. The maximum Gasteiger partial charge on any atom is 0.319 e. The van der Waals surface area contributed by atoms with E-state index in [4.69, 9.17) is 0 Å². The Kier molecular flexibility index (Phi) is 4.09. The monoisotopic (exact) mass is 207 g/mol. The van der Waals surface area contributed by atoms with Gasteiger partial charge in [-0.15, -0.1) is 0 Å². The van der Waals surface area contributed by atoms with Gasteiger partial charge in [0, 0.05) is 39.6 Å². The van der Waals surface area contributed by atoms with Crippen molar-refractivity contribution in [3.63, 3.8) is 0 Å². The normalized spacial score (nSPS) is 9.80. The topological polar surface area (TPSA) is 36.4 Å². The van der Waals surface area contributed by atoms with Gasteiger partial charge in [-0.3, -0.25) is 4.98 Å². The standard InChI is InChI=1S/C11H17N3O/c1-4-13(2)11(15)14(3)9-10-6-5-7-12-8-10/h5-8H,4,9H2,1-3H3. The van der Waals surface area contributed by atoms with E-state index >= 15 is 0 Å². The number of carbonyl (C=O) groups excluding carboxylic acids is 1. The van der Waals surface area contributed by atoms with Crippen molar-refractivity contribution >= 4 is 6.03 Å². The summed E-state index contributed by atoms with van der Waals surface area (Å²) in [6.45, 7) is 3.27. The Morgan fingerprint density at radius 2 is 2.13 bits per heavy atom. The number of hydrogen-bond acceptors (Lipinski definition) is 2. The van der Waals surface area contributed by atoms with E-state index in [1.807, 2.05) is 19.1 Å². The minimum absolute atomic E-state index is 0.0290. The highest BCUT2D eigenvalue weighted by molar-refractivity contribution is 5.73. The lowest BCUT2D eigenvalue weighted by Gasteiger charge is -2.23. The van der Waals surface area contributed by atoms with Crippen LogP contribution < -0.4 is 0 Å². The molecule has 0 spiro atoms. The third kappa shape index (κ3) is 3.23. The lowest BCUT2D eigenvalue weighted by Crippen LogP contribution is -2.38. The molecule has 82 valence electrons. The first kappa shape index (κ1) is 11.5. The Labute approximate surface area is 90.5 Å². The van der Waals surface area contributed by atoms with E-state index in [1.165, 1.54) is 0 Å². The molecule has 0 saturated heterocycles. The van der Waals surface area contributed by atoms with Crippen LogP contribution in [0.3, 0.4) is 0 Å². The van der Waals surface area contributed by atoms with Crippen molar-refractivity contribution in [2.24, 2.45) is 0 Å². The molecule has 15 heavy (non-hydrogen) atoms. The molecule has 0 aliphatic carbocycles. The van der Waals surface area contributed by atoms with Crippen LogP contribution in [0.1, 0.15) is 12.5 Å². The van der Waals surface area contributed by atoms with Crippen LogP contribution in [0.25, 0.3) is 0 Å². The van der Waals surface area contributed by atoms with E-state index in [-0.39, 0.29) is 6.03 Å². The second-order valence-corrected chi connectivity index (χ2v) is 3.51. The van der Waals surface area contributed by atoms with Crippen molar-refractivity contribution in [3.05, 3.63) is 30.1 Å². The molecule has 0 fully saturated rings. The molecule has 1 aromatic rings. The minimum atomic E-state index is 0.0290. The number of carbonyl (C=O) groups is 1. The molecule has 0 N–H and O–H groups in total. The predicted molar refractivity (Wildman–Crippen MR) is 59.4 cm³/mol. The summed E-state index contributed by atoms with van der Waals surface area (Å²) in [7, 11) is 3.59. The van der Waals surface area contributed by atoms with E-state index in [0.29, 0.717) is 6.54 Å². The van der Waals surface area contributed by atoms with Gasteiger partial charge >= 0.3 is 6.03 Å². The maximum atomic E-state index is 11.7. The van der Waals surface area contributed by atoms with Crippen LogP contribution in [-0.2, 0) is 6.54 Å². The van der Waals surface area contributed by atoms with Gasteiger partial charge in [0.1, 0.15) is 0 Å². The van der Waals surface area contributed by atoms with Crippen LogP contribution >= 0.6 is 0 Å². The third-order valence-corrected chi connectivity index (χ3v) is 2.27. The zero-order valence-electron chi connectivity index (χ0n) is 9.47. The summed E-state index contributed by atoms with van der Waals surface area (Å²) >= 11 is 0. The average molecular weight is 207 g/mol. The van der Waals surface area contributed by atoms with Gasteiger partial charge in [-0.25, -0.2) is 4.79 Å². The number of aromatic nitrogens is 1. The first-order chi connectivity index (χ1) is 7.15. The fourth-order valence-electron chi connectivity index (χ4n) is 1.26. The molecule has 2 amide bonds. The summed E-state index contributed by atoms with van der Waals surface area (Å²) in [5.41, 5.74) is 1.04. The highest BCUT2D eigenvalue weighted by Gasteiger charge is 2.12. The Morgan fingerprint density at radius 3 is 2.67 bits per heavy atom. The van der Waals surface area contributed by atoms with Gasteiger partial charge in [-0.1, -0.05) is 6.07 Å². The smallest absolute Gasteiger partial charge is 0.319 e. The minimum Gasteiger partial charge on any atom is -0.328 e. The van der Waals surface area contributed by atoms with Gasteiger partial charge < -0.3 is 9.80 Å². The maximum absolute atomic E-state index is 11.7. The number of pyridine rings is 1. The highest BCUT2D eigenvalue weighted by Crippen LogP contribution is 2.02. The fourth-order valence-corrected chi connectivity index (χ4v) is 1.26. The average Bonchev–Trinajstić information content (AvgIpc) is 2.28. The van der Waals surface area contributed by atoms with Gasteiger partial charge in [0.05, 0.1) is 0 Å². The molecule has 0 unspecified atom stereocenters. The SMILES string of the molecule is CCN(C)C(=O)N(C)Cc1cccnc1. The summed E-state index contributed by atoms with van der Waals surface area (Å²) in [5, 5.41) is 0. The molecule has 0 radical (unpaired) electrons. The predicted octanol–water partition coefficient (Wildman–Crippen LogP) is 1.59. The van der Waals surface area contributed by atoms with Gasteiger partial charge in [0.25, 0.3) is 0 Å². The van der Waals surface area contributed by atoms with E-state index in [9.17, 15) is 4.79 Å². The van der Waals surface area contributed by atoms with Crippen molar-refractivity contribution in [1.29, 1.82) is 0 Å². The molecule has 1 heterocycles. The summed E-state index contributed by atoms with van der Waals surface area (Å²) < 4.78 is 0. The Bertz CT molecular complexity index is 313. The largest absolute Gasteiger partial charge is 0.328 e. The zero-order chi connectivity index (χ0) is 11.3. The summed E-state index contributed by atoms with van der Waals surface area (Å²) in [5.74, 6) is 0. The molecular formula is C11H17N3O. The van der Waals surface area contributed by atoms with Crippen molar-refractivity contribution in [2.75, 3.05) is 20.6 Å². The van der Waals surface area contributed by atoms with Crippen LogP contribution in [-0.4, -0.2) is 41.5 Å². The van der Waals surface area contributed by atoms with Crippen molar-refractivity contribution in [1.82, 2.24) is 14.8 Å². The molecule has 0 aliphatic rings. The Morgan fingerprint density at radius 1 is 1.40 bits per heavy atom. The van der Waals surface area contributed by atoms with Crippen LogP contribution in [0, 0.1) is 0 Å². The number of urea groups is 1. The molecule has 1 aromatic heterocycles. The van der Waals surface area contributed by atoms with E-state index < -0.39 is 0 Å². The Hall–Kier alpha value is -1.58. The van der Waals surface area contributed by atoms with Crippen molar-refractivity contribution in [2.45, 2.75) is 13.5 Å². The quantitative estimate of drug-likeness (QED) is 0.754. The summed E-state index contributed by atoms with van der Waals surface area (Å²) in [6.07, 6.45) is 3.50. The number of amides is 2. The summed E-state index contributed by atoms with van der Waals surface area (Å²) in [4.78, 5) is 19.1. The van der Waals surface area contributed by atoms with Crippen LogP contribution in [0.4, 0.5) is 4.79 Å². The van der Waals surface area contributed by atoms with Crippen LogP contribution in [0.15, 0.2) is 24.5 Å². The fraction of sp³-hybridized carbons (Fsp3) is 0.455. The third-order valence-electron chi connectivity index (χ3n) is 2.27. The van der Waals surface area contributed by atoms with Crippen LogP contribution in [0.2, 0.25) is 0 Å². The Balaban J connectivity index is 2.56. The molecule has 0 bridgehead atoms. The lowest BCUT2D eigenvalue weighted by molar-refractivity contribution is 0.173. The van der Waals surface area contributed by atoms with Crippen molar-refractivity contribution < 1.29 is 4.79 Å². The number of rotatable bonds is 3. The molecule has 4 nitrogen and oxygen atoms in total. The molecule has 0 saturated carbocycles. The second kappa shape index (κ2) is 5.34. The van der Waals surface area contributed by atoms with E-state index in [2.05, 4.69) is 4.98 Å². The molecule has 0 aliphatic heterocycles. The zero-order valence-corrected chi connectivity index (χ0v) is 9.47.